The highest BCUT2D eigenvalue weighted by Crippen LogP contribution is 2.33. The lowest BCUT2D eigenvalue weighted by molar-refractivity contribution is -0.125. The first-order valence-corrected chi connectivity index (χ1v) is 11.1. The number of thiazole rings is 1. The van der Waals surface area contributed by atoms with Gasteiger partial charge in [-0.25, -0.2) is 4.98 Å². The number of carbonyl (C=O) groups is 1. The summed E-state index contributed by atoms with van der Waals surface area (Å²) in [6.45, 7) is 4.78. The van der Waals surface area contributed by atoms with E-state index < -0.39 is 0 Å². The smallest absolute Gasteiger partial charge is 0.225 e. The number of anilines is 1. The zero-order valence-corrected chi connectivity index (χ0v) is 17.9. The largest absolute Gasteiger partial charge is 0.494 e. The molecule has 0 aliphatic carbocycles. The van der Waals surface area contributed by atoms with E-state index in [1.165, 1.54) is 0 Å². The standard InChI is InChI=1S/C22H24ClN3O2S/c1-2-28-18-9-10-19-20(12-18)29-22(25-19)26-11-3-4-16(14-26)21(27)24-13-15-5-7-17(23)8-6-15/h5-10,12,16H,2-4,11,13-14H2,1H3,(H,24,27)/t16-/m0/s1. The monoisotopic (exact) mass is 429 g/mol. The van der Waals surface area contributed by atoms with Crippen LogP contribution in [0.5, 0.6) is 5.75 Å². The number of amides is 1. The molecule has 7 heteroatoms. The van der Waals surface area contributed by atoms with Crippen LogP contribution in [0.3, 0.4) is 0 Å². The number of piperidine rings is 1. The van der Waals surface area contributed by atoms with Crippen LogP contribution in [0.4, 0.5) is 5.13 Å². The minimum Gasteiger partial charge on any atom is -0.494 e. The minimum absolute atomic E-state index is 0.0259. The molecule has 2 heterocycles. The average molecular weight is 430 g/mol. The van der Waals surface area contributed by atoms with E-state index in [-0.39, 0.29) is 11.8 Å². The lowest BCUT2D eigenvalue weighted by Gasteiger charge is -2.31. The van der Waals surface area contributed by atoms with Gasteiger partial charge in [0, 0.05) is 24.7 Å². The van der Waals surface area contributed by atoms with Crippen LogP contribution in [0.2, 0.25) is 5.02 Å². The third-order valence-corrected chi connectivity index (χ3v) is 6.43. The highest BCUT2D eigenvalue weighted by Gasteiger charge is 2.27. The number of ether oxygens (including phenoxy) is 1. The molecule has 1 aliphatic rings. The first-order valence-electron chi connectivity index (χ1n) is 9.93. The van der Waals surface area contributed by atoms with Gasteiger partial charge in [0.05, 0.1) is 22.7 Å². The van der Waals surface area contributed by atoms with Gasteiger partial charge < -0.3 is 15.0 Å². The SMILES string of the molecule is CCOc1ccc2nc(N3CCC[C@H](C(=O)NCc4ccc(Cl)cc4)C3)sc2c1. The molecule has 1 saturated heterocycles. The number of rotatable bonds is 6. The van der Waals surface area contributed by atoms with Gasteiger partial charge in [-0.3, -0.25) is 4.79 Å². The minimum atomic E-state index is -0.0259. The van der Waals surface area contributed by atoms with Gasteiger partial charge in [0.15, 0.2) is 5.13 Å². The summed E-state index contributed by atoms with van der Waals surface area (Å²) in [7, 11) is 0. The molecular weight excluding hydrogens is 406 g/mol. The van der Waals surface area contributed by atoms with Gasteiger partial charge in [-0.2, -0.15) is 0 Å². The number of nitrogens with one attached hydrogen (secondary N) is 1. The fraction of sp³-hybridized carbons (Fsp3) is 0.364. The van der Waals surface area contributed by atoms with Crippen molar-refractivity contribution in [1.82, 2.24) is 10.3 Å². The van der Waals surface area contributed by atoms with Crippen molar-refractivity contribution in [3.8, 4) is 5.75 Å². The number of hydrogen-bond acceptors (Lipinski definition) is 5. The zero-order valence-electron chi connectivity index (χ0n) is 16.4. The average Bonchev–Trinajstić information content (AvgIpc) is 3.17. The van der Waals surface area contributed by atoms with E-state index in [0.29, 0.717) is 24.7 Å². The molecule has 1 fully saturated rings. The lowest BCUT2D eigenvalue weighted by Crippen LogP contribution is -2.42. The summed E-state index contributed by atoms with van der Waals surface area (Å²) in [6.07, 6.45) is 1.89. The Morgan fingerprint density at radius 2 is 2.14 bits per heavy atom. The number of aromatic nitrogens is 1. The molecular formula is C22H24ClN3O2S. The second-order valence-corrected chi connectivity index (χ2v) is 8.63. The van der Waals surface area contributed by atoms with Crippen LogP contribution in [0.25, 0.3) is 10.2 Å². The van der Waals surface area contributed by atoms with Crippen molar-refractivity contribution in [2.24, 2.45) is 5.92 Å². The molecule has 0 unspecified atom stereocenters. The molecule has 5 nitrogen and oxygen atoms in total. The molecule has 1 aliphatic heterocycles. The number of benzene rings is 2. The molecule has 1 amide bonds. The molecule has 0 radical (unpaired) electrons. The van der Waals surface area contributed by atoms with Gasteiger partial charge in [0.25, 0.3) is 0 Å². The van der Waals surface area contributed by atoms with E-state index in [0.717, 1.165) is 46.0 Å². The second-order valence-electron chi connectivity index (χ2n) is 7.19. The van der Waals surface area contributed by atoms with Gasteiger partial charge in [0.1, 0.15) is 5.75 Å². The Morgan fingerprint density at radius 3 is 2.93 bits per heavy atom. The van der Waals surface area contributed by atoms with Crippen molar-refractivity contribution in [1.29, 1.82) is 0 Å². The first kappa shape index (κ1) is 20.0. The van der Waals surface area contributed by atoms with Gasteiger partial charge in [-0.1, -0.05) is 35.1 Å². The highest BCUT2D eigenvalue weighted by atomic mass is 35.5. The van der Waals surface area contributed by atoms with Crippen molar-refractivity contribution in [2.75, 3.05) is 24.6 Å². The van der Waals surface area contributed by atoms with Crippen LogP contribution in [-0.2, 0) is 11.3 Å². The Hall–Kier alpha value is -2.31. The molecule has 1 atom stereocenters. The number of halogens is 1. The van der Waals surface area contributed by atoms with Gasteiger partial charge in [-0.15, -0.1) is 0 Å². The van der Waals surface area contributed by atoms with Gasteiger partial charge in [0.2, 0.25) is 5.91 Å². The zero-order chi connectivity index (χ0) is 20.2. The van der Waals surface area contributed by atoms with Crippen molar-refractivity contribution in [3.05, 3.63) is 53.1 Å². The Morgan fingerprint density at radius 1 is 1.31 bits per heavy atom. The van der Waals surface area contributed by atoms with Crippen LogP contribution in [0.1, 0.15) is 25.3 Å². The summed E-state index contributed by atoms with van der Waals surface area (Å²) in [5.74, 6) is 0.944. The quantitative estimate of drug-likeness (QED) is 0.606. The molecule has 2 aromatic carbocycles. The summed E-state index contributed by atoms with van der Waals surface area (Å²) in [6, 6.07) is 13.6. The van der Waals surface area contributed by atoms with Crippen molar-refractivity contribution in [2.45, 2.75) is 26.3 Å². The van der Waals surface area contributed by atoms with Crippen molar-refractivity contribution >= 4 is 44.2 Å². The fourth-order valence-corrected chi connectivity index (χ4v) is 4.74. The molecule has 4 rings (SSSR count). The number of carbonyl (C=O) groups excluding carboxylic acids is 1. The second kappa shape index (κ2) is 9.01. The van der Waals surface area contributed by atoms with Gasteiger partial charge >= 0.3 is 0 Å². The first-order chi connectivity index (χ1) is 14.1. The molecule has 1 aromatic heterocycles. The normalized spacial score (nSPS) is 16.8. The van der Waals surface area contributed by atoms with E-state index in [1.807, 2.05) is 49.4 Å². The summed E-state index contributed by atoms with van der Waals surface area (Å²) < 4.78 is 6.70. The van der Waals surface area contributed by atoms with Gasteiger partial charge in [-0.05, 0) is 55.7 Å². The summed E-state index contributed by atoms with van der Waals surface area (Å²) in [4.78, 5) is 19.7. The van der Waals surface area contributed by atoms with Crippen molar-refractivity contribution < 1.29 is 9.53 Å². The Labute approximate surface area is 179 Å². The molecule has 152 valence electrons. The maximum absolute atomic E-state index is 12.7. The van der Waals surface area contributed by atoms with E-state index in [4.69, 9.17) is 21.3 Å². The fourth-order valence-electron chi connectivity index (χ4n) is 3.59. The van der Waals surface area contributed by atoms with Crippen LogP contribution in [0.15, 0.2) is 42.5 Å². The molecule has 3 aromatic rings. The number of nitrogens with zero attached hydrogens (tertiary/aromatic N) is 2. The predicted octanol–water partition coefficient (Wildman–Crippen LogP) is 4.88. The Kier molecular flexibility index (Phi) is 6.21. The van der Waals surface area contributed by atoms with E-state index in [1.54, 1.807) is 11.3 Å². The van der Waals surface area contributed by atoms with Crippen molar-refractivity contribution in [3.63, 3.8) is 0 Å². The maximum Gasteiger partial charge on any atom is 0.225 e. The topological polar surface area (TPSA) is 54.5 Å². The number of hydrogen-bond donors (Lipinski definition) is 1. The third-order valence-electron chi connectivity index (χ3n) is 5.10. The highest BCUT2D eigenvalue weighted by molar-refractivity contribution is 7.22. The van der Waals surface area contributed by atoms with E-state index in [2.05, 4.69) is 10.2 Å². The molecule has 29 heavy (non-hydrogen) atoms. The van der Waals surface area contributed by atoms with E-state index in [9.17, 15) is 4.79 Å². The van der Waals surface area contributed by atoms with Crippen LogP contribution < -0.4 is 15.0 Å². The van der Waals surface area contributed by atoms with Crippen LogP contribution in [-0.4, -0.2) is 30.6 Å². The maximum atomic E-state index is 12.7. The lowest BCUT2D eigenvalue weighted by atomic mass is 9.97. The molecule has 1 N–H and O–H groups in total. The molecule has 0 bridgehead atoms. The third kappa shape index (κ3) is 4.82. The Balaban J connectivity index is 1.40. The summed E-state index contributed by atoms with van der Waals surface area (Å²) in [5.41, 5.74) is 2.02. The molecule has 0 spiro atoms. The summed E-state index contributed by atoms with van der Waals surface area (Å²) >= 11 is 7.58. The summed E-state index contributed by atoms with van der Waals surface area (Å²) in [5, 5.41) is 4.74. The van der Waals surface area contributed by atoms with Crippen LogP contribution >= 0.6 is 22.9 Å². The van der Waals surface area contributed by atoms with E-state index >= 15 is 0 Å². The van der Waals surface area contributed by atoms with Crippen LogP contribution in [0, 0.1) is 5.92 Å². The Bertz CT molecular complexity index is 989. The number of fused-ring (bicyclic) bond motifs is 1. The predicted molar refractivity (Wildman–Crippen MR) is 119 cm³/mol. The molecule has 0 saturated carbocycles.